The number of hydrogen-bond acceptors (Lipinski definition) is 0. The van der Waals surface area contributed by atoms with E-state index in [9.17, 15) is 13.2 Å². The highest BCUT2D eigenvalue weighted by atomic mass is 35.5. The SMILES string of the molecule is CCCC1CCC(CCc2cc(F)c(C#Cc3ccc(Cl)c(F)c3)c(F)c2)CC1. The van der Waals surface area contributed by atoms with Gasteiger partial charge in [-0.15, -0.1) is 0 Å². The Balaban J connectivity index is 1.62. The molecule has 0 atom stereocenters. The first-order chi connectivity index (χ1) is 14.0. The summed E-state index contributed by atoms with van der Waals surface area (Å²) in [6.07, 6.45) is 9.19. The van der Waals surface area contributed by atoms with E-state index in [4.69, 9.17) is 11.6 Å². The molecule has 0 unspecified atom stereocenters. The summed E-state index contributed by atoms with van der Waals surface area (Å²) in [5.74, 6) is 4.63. The summed E-state index contributed by atoms with van der Waals surface area (Å²) >= 11 is 5.63. The van der Waals surface area contributed by atoms with E-state index in [1.54, 1.807) is 0 Å². The minimum absolute atomic E-state index is 0.0175. The zero-order valence-corrected chi connectivity index (χ0v) is 17.5. The minimum Gasteiger partial charge on any atom is -0.206 e. The summed E-state index contributed by atoms with van der Waals surface area (Å²) < 4.78 is 42.3. The van der Waals surface area contributed by atoms with E-state index < -0.39 is 17.5 Å². The van der Waals surface area contributed by atoms with E-state index in [0.717, 1.165) is 18.4 Å². The van der Waals surface area contributed by atoms with E-state index in [2.05, 4.69) is 18.8 Å². The zero-order chi connectivity index (χ0) is 20.8. The third-order valence-electron chi connectivity index (χ3n) is 5.86. The summed E-state index contributed by atoms with van der Waals surface area (Å²) in [4.78, 5) is 0. The Morgan fingerprint density at radius 1 is 0.862 bits per heavy atom. The lowest BCUT2D eigenvalue weighted by Crippen LogP contribution is -2.15. The molecular formula is C25H26ClF3. The lowest BCUT2D eigenvalue weighted by Gasteiger charge is -2.28. The molecule has 29 heavy (non-hydrogen) atoms. The van der Waals surface area contributed by atoms with Crippen molar-refractivity contribution in [1.82, 2.24) is 0 Å². The van der Waals surface area contributed by atoms with E-state index in [1.165, 1.54) is 62.8 Å². The largest absolute Gasteiger partial charge is 0.206 e. The second-order valence-electron chi connectivity index (χ2n) is 8.03. The van der Waals surface area contributed by atoms with E-state index in [0.29, 0.717) is 23.5 Å². The van der Waals surface area contributed by atoms with Gasteiger partial charge in [-0.3, -0.25) is 0 Å². The minimum atomic E-state index is -0.673. The highest BCUT2D eigenvalue weighted by molar-refractivity contribution is 6.30. The summed E-state index contributed by atoms with van der Waals surface area (Å²) in [5, 5.41) is -0.0175. The molecule has 2 aromatic rings. The number of benzene rings is 2. The molecule has 0 heterocycles. The quantitative estimate of drug-likeness (QED) is 0.436. The van der Waals surface area contributed by atoms with Gasteiger partial charge in [-0.2, -0.15) is 0 Å². The third kappa shape index (κ3) is 6.03. The smallest absolute Gasteiger partial charge is 0.143 e. The lowest BCUT2D eigenvalue weighted by atomic mass is 9.78. The predicted molar refractivity (Wildman–Crippen MR) is 112 cm³/mol. The first kappa shape index (κ1) is 21.8. The van der Waals surface area contributed by atoms with E-state index in [1.807, 2.05) is 0 Å². The molecule has 2 aromatic carbocycles. The molecule has 4 heteroatoms. The molecule has 0 aromatic heterocycles. The summed E-state index contributed by atoms with van der Waals surface area (Å²) in [6, 6.07) is 6.77. The highest BCUT2D eigenvalue weighted by Gasteiger charge is 2.20. The lowest BCUT2D eigenvalue weighted by molar-refractivity contribution is 0.252. The van der Waals surface area contributed by atoms with Crippen molar-refractivity contribution in [3.8, 4) is 11.8 Å². The van der Waals surface area contributed by atoms with Gasteiger partial charge in [-0.1, -0.05) is 68.9 Å². The first-order valence-electron chi connectivity index (χ1n) is 10.4. The number of hydrogen-bond donors (Lipinski definition) is 0. The van der Waals surface area contributed by atoms with Crippen molar-refractivity contribution >= 4 is 11.6 Å². The van der Waals surface area contributed by atoms with Crippen molar-refractivity contribution in [3.05, 3.63) is 69.5 Å². The molecule has 1 aliphatic rings. The molecule has 0 radical (unpaired) electrons. The Hall–Kier alpha value is -1.92. The van der Waals surface area contributed by atoms with Crippen LogP contribution in [0.25, 0.3) is 0 Å². The van der Waals surface area contributed by atoms with Crippen molar-refractivity contribution in [2.75, 3.05) is 0 Å². The fraction of sp³-hybridized carbons (Fsp3) is 0.440. The van der Waals surface area contributed by atoms with Gasteiger partial charge in [0.25, 0.3) is 0 Å². The van der Waals surface area contributed by atoms with Crippen LogP contribution in [0, 0.1) is 41.1 Å². The second-order valence-corrected chi connectivity index (χ2v) is 8.43. The van der Waals surface area contributed by atoms with Gasteiger partial charge >= 0.3 is 0 Å². The molecule has 0 spiro atoms. The van der Waals surface area contributed by atoms with Crippen LogP contribution in [0.3, 0.4) is 0 Å². The number of rotatable bonds is 5. The van der Waals surface area contributed by atoms with Gasteiger partial charge in [0.2, 0.25) is 0 Å². The van der Waals surface area contributed by atoms with Crippen molar-refractivity contribution in [2.24, 2.45) is 11.8 Å². The van der Waals surface area contributed by atoms with Gasteiger partial charge < -0.3 is 0 Å². The maximum Gasteiger partial charge on any atom is 0.143 e. The maximum atomic E-state index is 14.4. The molecule has 1 fully saturated rings. The molecule has 0 saturated heterocycles. The van der Waals surface area contributed by atoms with Crippen LogP contribution in [0.15, 0.2) is 30.3 Å². The van der Waals surface area contributed by atoms with Crippen LogP contribution in [0.2, 0.25) is 5.02 Å². The van der Waals surface area contributed by atoms with Crippen molar-refractivity contribution in [3.63, 3.8) is 0 Å². The molecule has 1 aliphatic carbocycles. The van der Waals surface area contributed by atoms with Gasteiger partial charge in [0, 0.05) is 5.56 Å². The molecular weight excluding hydrogens is 393 g/mol. The Labute approximate surface area is 176 Å². The zero-order valence-electron chi connectivity index (χ0n) is 16.7. The van der Waals surface area contributed by atoms with Crippen LogP contribution in [0.5, 0.6) is 0 Å². The number of halogens is 4. The van der Waals surface area contributed by atoms with Crippen LogP contribution in [-0.2, 0) is 6.42 Å². The fourth-order valence-corrected chi connectivity index (χ4v) is 4.30. The van der Waals surface area contributed by atoms with Gasteiger partial charge in [0.15, 0.2) is 0 Å². The Morgan fingerprint density at radius 2 is 1.48 bits per heavy atom. The van der Waals surface area contributed by atoms with Crippen molar-refractivity contribution in [2.45, 2.75) is 58.3 Å². The monoisotopic (exact) mass is 418 g/mol. The van der Waals surface area contributed by atoms with Crippen LogP contribution in [-0.4, -0.2) is 0 Å². The second kappa shape index (κ2) is 10.2. The fourth-order valence-electron chi connectivity index (χ4n) is 4.19. The molecule has 1 saturated carbocycles. The highest BCUT2D eigenvalue weighted by Crippen LogP contribution is 2.34. The van der Waals surface area contributed by atoms with Gasteiger partial charge in [0.05, 0.1) is 10.6 Å². The van der Waals surface area contributed by atoms with Crippen molar-refractivity contribution in [1.29, 1.82) is 0 Å². The van der Waals surface area contributed by atoms with Crippen LogP contribution < -0.4 is 0 Å². The Bertz CT molecular complexity index is 879. The third-order valence-corrected chi connectivity index (χ3v) is 6.16. The number of aryl methyl sites for hydroxylation is 1. The van der Waals surface area contributed by atoms with Gasteiger partial charge in [0.1, 0.15) is 17.5 Å². The van der Waals surface area contributed by atoms with Crippen LogP contribution in [0.1, 0.15) is 68.6 Å². The van der Waals surface area contributed by atoms with Crippen LogP contribution in [0.4, 0.5) is 13.2 Å². The van der Waals surface area contributed by atoms with Gasteiger partial charge in [-0.25, -0.2) is 13.2 Å². The maximum absolute atomic E-state index is 14.4. The van der Waals surface area contributed by atoms with Crippen LogP contribution >= 0.6 is 11.6 Å². The molecule has 0 amide bonds. The molecule has 0 N–H and O–H groups in total. The predicted octanol–water partition coefficient (Wildman–Crippen LogP) is 7.70. The first-order valence-corrected chi connectivity index (χ1v) is 10.8. The van der Waals surface area contributed by atoms with E-state index >= 15 is 0 Å². The van der Waals surface area contributed by atoms with E-state index in [-0.39, 0.29) is 10.6 Å². The normalized spacial score (nSPS) is 18.9. The summed E-state index contributed by atoms with van der Waals surface area (Å²) in [7, 11) is 0. The Morgan fingerprint density at radius 3 is 2.07 bits per heavy atom. The molecule has 0 nitrogen and oxygen atoms in total. The molecule has 3 rings (SSSR count). The Kier molecular flexibility index (Phi) is 7.67. The molecule has 0 aliphatic heterocycles. The van der Waals surface area contributed by atoms with Gasteiger partial charge in [-0.05, 0) is 60.6 Å². The summed E-state index contributed by atoms with van der Waals surface area (Å²) in [6.45, 7) is 2.23. The summed E-state index contributed by atoms with van der Waals surface area (Å²) in [5.41, 5.74) is 0.691. The molecule has 0 bridgehead atoms. The average molecular weight is 419 g/mol. The topological polar surface area (TPSA) is 0 Å². The molecule has 154 valence electrons. The standard InChI is InChI=1S/C25H26ClF3/c1-2-3-17-4-6-18(7-5-17)8-9-20-15-23(27)21(24(28)16-20)12-10-19-11-13-22(26)25(29)14-19/h11,13-18H,2-9H2,1H3. The average Bonchev–Trinajstić information content (AvgIpc) is 2.70. The van der Waals surface area contributed by atoms with Crippen molar-refractivity contribution < 1.29 is 13.2 Å².